The Kier molecular flexibility index (Phi) is 12.1. The van der Waals surface area contributed by atoms with Gasteiger partial charge in [-0.1, -0.05) is 68.3 Å². The van der Waals surface area contributed by atoms with Crippen molar-refractivity contribution in [2.24, 2.45) is 5.41 Å². The van der Waals surface area contributed by atoms with Crippen LogP contribution >= 0.6 is 11.6 Å². The molecule has 10 nitrogen and oxygen atoms in total. The van der Waals surface area contributed by atoms with E-state index in [-0.39, 0.29) is 24.0 Å². The third kappa shape index (κ3) is 8.84. The van der Waals surface area contributed by atoms with Gasteiger partial charge in [0.15, 0.2) is 0 Å². The predicted molar refractivity (Wildman–Crippen MR) is 185 cm³/mol. The Morgan fingerprint density at radius 1 is 1.12 bits per heavy atom. The topological polar surface area (TPSA) is 125 Å². The Hall–Kier alpha value is -3.73. The highest BCUT2D eigenvalue weighted by Crippen LogP contribution is 2.44. The molecule has 260 valence electrons. The van der Waals surface area contributed by atoms with E-state index in [4.69, 9.17) is 25.8 Å². The van der Waals surface area contributed by atoms with Gasteiger partial charge in [0.1, 0.15) is 18.4 Å². The van der Waals surface area contributed by atoms with Crippen molar-refractivity contribution in [2.75, 3.05) is 13.7 Å². The van der Waals surface area contributed by atoms with Gasteiger partial charge in [-0.15, -0.1) is 0 Å². The molecule has 0 radical (unpaired) electrons. The highest BCUT2D eigenvalue weighted by Gasteiger charge is 2.50. The summed E-state index contributed by atoms with van der Waals surface area (Å²) in [6, 6.07) is 13.7. The lowest BCUT2D eigenvalue weighted by Crippen LogP contribution is -2.49. The van der Waals surface area contributed by atoms with Gasteiger partial charge in [-0.2, -0.15) is 5.10 Å². The number of nitrogens with one attached hydrogen (secondary N) is 1. The first-order chi connectivity index (χ1) is 22.7. The van der Waals surface area contributed by atoms with Crippen molar-refractivity contribution in [1.29, 1.82) is 0 Å². The molecule has 1 amide bonds. The molecule has 2 aromatic carbocycles. The molecule has 0 saturated heterocycles. The lowest BCUT2D eigenvalue weighted by atomic mass is 9.73. The van der Waals surface area contributed by atoms with E-state index in [1.165, 1.54) is 11.9 Å². The molecule has 1 unspecified atom stereocenters. The number of methoxy groups -OCH3 is 1. The molecule has 11 heteroatoms. The van der Waals surface area contributed by atoms with E-state index in [1.807, 2.05) is 77.1 Å². The van der Waals surface area contributed by atoms with Crippen LogP contribution in [0.4, 0.5) is 4.79 Å². The van der Waals surface area contributed by atoms with Crippen LogP contribution in [-0.4, -0.2) is 62.9 Å². The van der Waals surface area contributed by atoms with Crippen molar-refractivity contribution in [1.82, 2.24) is 20.1 Å². The van der Waals surface area contributed by atoms with Gasteiger partial charge in [0, 0.05) is 12.1 Å². The Morgan fingerprint density at radius 3 is 2.40 bits per heavy atom. The van der Waals surface area contributed by atoms with E-state index >= 15 is 0 Å². The van der Waals surface area contributed by atoms with E-state index in [2.05, 4.69) is 15.4 Å². The summed E-state index contributed by atoms with van der Waals surface area (Å²) in [4.78, 5) is 29.1. The number of benzene rings is 2. The number of amides is 1. The van der Waals surface area contributed by atoms with Crippen molar-refractivity contribution in [2.45, 2.75) is 104 Å². The third-order valence-electron chi connectivity index (χ3n) is 9.50. The highest BCUT2D eigenvalue weighted by molar-refractivity contribution is 6.30. The number of hydrogen-bond donors (Lipinski definition) is 2. The number of aliphatic hydroxyl groups is 1. The molecule has 1 aromatic heterocycles. The average Bonchev–Trinajstić information content (AvgIpc) is 3.64. The predicted octanol–water partition coefficient (Wildman–Crippen LogP) is 6.99. The summed E-state index contributed by atoms with van der Waals surface area (Å²) in [6.45, 7) is 12.4. The molecule has 1 fully saturated rings. The second kappa shape index (κ2) is 15.7. The normalized spacial score (nSPS) is 20.5. The second-order valence-corrected chi connectivity index (χ2v) is 14.2. The lowest BCUT2D eigenvalue weighted by Gasteiger charge is -2.40. The molecular weight excluding hydrogens is 632 g/mol. The summed E-state index contributed by atoms with van der Waals surface area (Å²) in [5.41, 5.74) is 2.57. The zero-order valence-electron chi connectivity index (χ0n) is 29.1. The number of carbonyl (C=O) groups is 2. The van der Waals surface area contributed by atoms with Crippen molar-refractivity contribution >= 4 is 29.2 Å². The number of nitrogens with zero attached hydrogens (tertiary/aromatic N) is 3. The maximum atomic E-state index is 13.0. The molecule has 1 atom stereocenters. The van der Waals surface area contributed by atoms with Gasteiger partial charge in [-0.3, -0.25) is 9.48 Å². The van der Waals surface area contributed by atoms with Crippen LogP contribution in [0.3, 0.4) is 0 Å². The number of hydrogen-bond acceptors (Lipinski definition) is 8. The van der Waals surface area contributed by atoms with Gasteiger partial charge in [0.25, 0.3) is 5.91 Å². The monoisotopic (exact) mass is 680 g/mol. The quantitative estimate of drug-likeness (QED) is 0.232. The molecule has 1 aliphatic heterocycles. The highest BCUT2D eigenvalue weighted by atomic mass is 35.5. The van der Waals surface area contributed by atoms with E-state index < -0.39 is 17.3 Å². The van der Waals surface area contributed by atoms with E-state index in [0.29, 0.717) is 37.1 Å². The zero-order valence-corrected chi connectivity index (χ0v) is 29.9. The van der Waals surface area contributed by atoms with Gasteiger partial charge in [0.05, 0.1) is 36.0 Å². The molecule has 2 N–H and O–H groups in total. The van der Waals surface area contributed by atoms with Gasteiger partial charge in [-0.05, 0) is 93.5 Å². The summed E-state index contributed by atoms with van der Waals surface area (Å²) in [7, 11) is 1.70. The molecule has 2 heterocycles. The Balaban J connectivity index is 0.000000224. The fourth-order valence-electron chi connectivity index (χ4n) is 6.26. The van der Waals surface area contributed by atoms with Crippen molar-refractivity contribution in [3.05, 3.63) is 88.2 Å². The molecule has 5 rings (SSSR count). The van der Waals surface area contributed by atoms with Crippen LogP contribution < -0.4 is 5.32 Å². The first kappa shape index (κ1) is 37.1. The summed E-state index contributed by atoms with van der Waals surface area (Å²) < 4.78 is 17.8. The van der Waals surface area contributed by atoms with E-state index in [1.54, 1.807) is 25.0 Å². The standard InChI is InChI=1S/C21H27NO5.C16H22ClN3O/c1-5-26-20(24)27-18-17(16-12-13(2)6-7-14(16)3)19(23)22-21(18)10-8-15(25-4)9-11-21;1-15(2,3)16(21,10-20-12-18-11-19-20)9-8-13-4-6-14(17)7-5-13/h6-7,12,15H,5,8-11H2,1-4H3,(H,22,23);4-7,11-12,21H,8-10H2,1-3H3/t15-,21+;. The molecule has 1 saturated carbocycles. The number of aromatic nitrogens is 3. The largest absolute Gasteiger partial charge is 0.513 e. The summed E-state index contributed by atoms with van der Waals surface area (Å²) in [5, 5.41) is 19.1. The van der Waals surface area contributed by atoms with E-state index in [9.17, 15) is 14.7 Å². The van der Waals surface area contributed by atoms with E-state index in [0.717, 1.165) is 41.0 Å². The first-order valence-electron chi connectivity index (χ1n) is 16.5. The van der Waals surface area contributed by atoms with Gasteiger partial charge in [0.2, 0.25) is 0 Å². The van der Waals surface area contributed by atoms with Crippen LogP contribution in [0.5, 0.6) is 0 Å². The molecule has 2 aliphatic rings. The van der Waals surface area contributed by atoms with Gasteiger partial charge in [-0.25, -0.2) is 9.78 Å². The number of ether oxygens (including phenoxy) is 3. The number of aryl methyl sites for hydroxylation is 3. The summed E-state index contributed by atoms with van der Waals surface area (Å²) in [6.07, 6.45) is 6.82. The van der Waals surface area contributed by atoms with Crippen LogP contribution in [-0.2, 0) is 32.0 Å². The summed E-state index contributed by atoms with van der Waals surface area (Å²) in [5.74, 6) is 0.174. The second-order valence-electron chi connectivity index (χ2n) is 13.8. The lowest BCUT2D eigenvalue weighted by molar-refractivity contribution is -0.116. The Morgan fingerprint density at radius 2 is 1.81 bits per heavy atom. The van der Waals surface area contributed by atoms with Crippen LogP contribution in [0.15, 0.2) is 60.9 Å². The first-order valence-corrected chi connectivity index (χ1v) is 16.9. The maximum absolute atomic E-state index is 13.0. The fraction of sp³-hybridized carbons (Fsp3) is 0.514. The number of carbonyl (C=O) groups excluding carboxylic acids is 2. The fourth-order valence-corrected chi connectivity index (χ4v) is 6.38. The van der Waals surface area contributed by atoms with Crippen LogP contribution in [0, 0.1) is 19.3 Å². The van der Waals surface area contributed by atoms with Crippen molar-refractivity contribution in [3.63, 3.8) is 0 Å². The minimum Gasteiger partial charge on any atom is -0.434 e. The Labute approximate surface area is 288 Å². The zero-order chi connectivity index (χ0) is 35.1. The number of halogens is 1. The Bertz CT molecular complexity index is 1570. The third-order valence-corrected chi connectivity index (χ3v) is 9.75. The molecule has 1 aliphatic carbocycles. The average molecular weight is 681 g/mol. The number of rotatable bonds is 9. The van der Waals surface area contributed by atoms with Crippen LogP contribution in [0.2, 0.25) is 5.02 Å². The van der Waals surface area contributed by atoms with Gasteiger partial charge >= 0.3 is 6.16 Å². The SMILES string of the molecule is CC(C)(C)C(O)(CCc1ccc(Cl)cc1)Cn1cncn1.CCOC(=O)OC1=C(c2cc(C)ccc2C)C(=O)N[C@]12CC[C@@H](OC)CC2. The van der Waals surface area contributed by atoms with Crippen molar-refractivity contribution < 1.29 is 28.9 Å². The molecule has 48 heavy (non-hydrogen) atoms. The smallest absolute Gasteiger partial charge is 0.434 e. The van der Waals surface area contributed by atoms with Crippen LogP contribution in [0.1, 0.15) is 82.1 Å². The summed E-state index contributed by atoms with van der Waals surface area (Å²) >= 11 is 5.90. The minimum atomic E-state index is -0.861. The molecular formula is C37H49ClN4O6. The van der Waals surface area contributed by atoms with Gasteiger partial charge < -0.3 is 24.6 Å². The molecule has 0 bridgehead atoms. The molecule has 3 aromatic rings. The minimum absolute atomic E-state index is 0.154. The maximum Gasteiger partial charge on any atom is 0.513 e. The molecule has 1 spiro atoms. The van der Waals surface area contributed by atoms with Crippen LogP contribution in [0.25, 0.3) is 5.57 Å². The van der Waals surface area contributed by atoms with Crippen molar-refractivity contribution in [3.8, 4) is 0 Å².